The van der Waals surface area contributed by atoms with Crippen LogP contribution in [-0.4, -0.2) is 37.6 Å². The van der Waals surface area contributed by atoms with Gasteiger partial charge in [-0.15, -0.1) is 0 Å². The predicted octanol–water partition coefficient (Wildman–Crippen LogP) is 3.17. The van der Waals surface area contributed by atoms with Crippen molar-refractivity contribution in [3.8, 4) is 0 Å². The Morgan fingerprint density at radius 2 is 1.67 bits per heavy atom. The number of hydrogen-bond acceptors (Lipinski definition) is 3. The number of likely N-dealkylation sites (tertiary alicyclic amines) is 1. The second-order valence-electron chi connectivity index (χ2n) is 7.33. The molecule has 1 saturated heterocycles. The molecule has 1 aliphatic rings. The molecule has 0 aromatic heterocycles. The summed E-state index contributed by atoms with van der Waals surface area (Å²) in [5.74, 6) is 0.297. The second kappa shape index (κ2) is 7.26. The van der Waals surface area contributed by atoms with Crippen LogP contribution < -0.4 is 0 Å². The average molecular weight is 352 g/mol. The fourth-order valence-electron chi connectivity index (χ4n) is 3.40. The molecule has 134 valence electrons. The Morgan fingerprint density at radius 3 is 2.17 bits per heavy atom. The lowest BCUT2D eigenvalue weighted by atomic mass is 9.99. The smallest absolute Gasteiger partial charge is 0.240 e. The summed E-state index contributed by atoms with van der Waals surface area (Å²) in [6.07, 6.45) is 1.91. The van der Waals surface area contributed by atoms with Gasteiger partial charge in [0.25, 0.3) is 0 Å². The number of amides is 1. The third-order valence-corrected chi connectivity index (χ3v) is 7.14. The van der Waals surface area contributed by atoms with Gasteiger partial charge < -0.3 is 4.90 Å². The van der Waals surface area contributed by atoms with Crippen LogP contribution in [0.2, 0.25) is 0 Å². The molecule has 1 atom stereocenters. The molecule has 0 bridgehead atoms. The maximum absolute atomic E-state index is 12.8. The zero-order chi connectivity index (χ0) is 18.1. The largest absolute Gasteiger partial charge is 0.342 e. The zero-order valence-corrected chi connectivity index (χ0v) is 16.2. The van der Waals surface area contributed by atoms with Gasteiger partial charge in [0.2, 0.25) is 5.91 Å². The lowest BCUT2D eigenvalue weighted by Crippen LogP contribution is -2.45. The molecule has 1 aromatic rings. The van der Waals surface area contributed by atoms with Crippen molar-refractivity contribution >= 4 is 15.7 Å². The Bertz CT molecular complexity index is 693. The van der Waals surface area contributed by atoms with Crippen LogP contribution in [0.1, 0.15) is 48.9 Å². The molecule has 1 amide bonds. The number of aryl methyl sites for hydroxylation is 3. The van der Waals surface area contributed by atoms with Crippen molar-refractivity contribution in [3.63, 3.8) is 0 Å². The number of rotatable bonds is 4. The number of carbonyl (C=O) groups is 1. The molecule has 4 nitrogen and oxygen atoms in total. The Balaban J connectivity index is 2.16. The standard InChI is InChI=1S/C19H29NO3S/c1-13-6-8-20(9-7-13)19(21)17(5)24(22,23)12-18-15(3)10-14(2)11-16(18)4/h10-11,13,17H,6-9,12H2,1-5H3. The molecule has 5 heteroatoms. The van der Waals surface area contributed by atoms with E-state index in [1.807, 2.05) is 32.9 Å². The Hall–Kier alpha value is -1.36. The predicted molar refractivity (Wildman–Crippen MR) is 97.7 cm³/mol. The number of nitrogens with zero attached hydrogens (tertiary/aromatic N) is 1. The number of piperidine rings is 1. The fraction of sp³-hybridized carbons (Fsp3) is 0.632. The second-order valence-corrected chi connectivity index (χ2v) is 9.66. The summed E-state index contributed by atoms with van der Waals surface area (Å²) in [4.78, 5) is 14.3. The quantitative estimate of drug-likeness (QED) is 0.837. The van der Waals surface area contributed by atoms with E-state index >= 15 is 0 Å². The molecule has 0 spiro atoms. The first-order valence-electron chi connectivity index (χ1n) is 8.69. The van der Waals surface area contributed by atoms with Gasteiger partial charge in [-0.1, -0.05) is 24.6 Å². The van der Waals surface area contributed by atoms with Crippen LogP contribution in [0.5, 0.6) is 0 Å². The lowest BCUT2D eigenvalue weighted by Gasteiger charge is -2.32. The normalized spacial score (nSPS) is 17.8. The monoisotopic (exact) mass is 351 g/mol. The maximum atomic E-state index is 12.8. The van der Waals surface area contributed by atoms with Gasteiger partial charge in [-0.05, 0) is 63.1 Å². The molecule has 24 heavy (non-hydrogen) atoms. The van der Waals surface area contributed by atoms with Crippen LogP contribution in [0, 0.1) is 26.7 Å². The number of hydrogen-bond donors (Lipinski definition) is 0. The van der Waals surface area contributed by atoms with Gasteiger partial charge in [0.1, 0.15) is 5.25 Å². The van der Waals surface area contributed by atoms with Crippen LogP contribution in [0.25, 0.3) is 0 Å². The first-order valence-corrected chi connectivity index (χ1v) is 10.4. The summed E-state index contributed by atoms with van der Waals surface area (Å²) in [5, 5.41) is -0.981. The molecule has 0 N–H and O–H groups in total. The van der Waals surface area contributed by atoms with E-state index < -0.39 is 15.1 Å². The highest BCUT2D eigenvalue weighted by molar-refractivity contribution is 7.92. The maximum Gasteiger partial charge on any atom is 0.240 e. The van der Waals surface area contributed by atoms with Crippen LogP contribution in [0.4, 0.5) is 0 Å². The minimum atomic E-state index is -3.52. The van der Waals surface area contributed by atoms with Crippen molar-refractivity contribution < 1.29 is 13.2 Å². The van der Waals surface area contributed by atoms with Crippen molar-refractivity contribution in [2.24, 2.45) is 5.92 Å². The van der Waals surface area contributed by atoms with Crippen LogP contribution >= 0.6 is 0 Å². The van der Waals surface area contributed by atoms with E-state index in [1.54, 1.807) is 4.90 Å². The highest BCUT2D eigenvalue weighted by atomic mass is 32.2. The molecule has 1 heterocycles. The molecule has 1 aliphatic heterocycles. The van der Waals surface area contributed by atoms with E-state index in [0.717, 1.165) is 35.1 Å². The van der Waals surface area contributed by atoms with E-state index in [1.165, 1.54) is 6.92 Å². The molecular formula is C19H29NO3S. The highest BCUT2D eigenvalue weighted by Gasteiger charge is 2.33. The van der Waals surface area contributed by atoms with Gasteiger partial charge >= 0.3 is 0 Å². The van der Waals surface area contributed by atoms with Gasteiger partial charge in [-0.25, -0.2) is 8.42 Å². The fourth-order valence-corrected chi connectivity index (χ4v) is 4.97. The number of benzene rings is 1. The summed E-state index contributed by atoms with van der Waals surface area (Å²) in [7, 11) is -3.52. The van der Waals surface area contributed by atoms with Crippen molar-refractivity contribution in [3.05, 3.63) is 34.4 Å². The minimum absolute atomic E-state index is 0.0674. The summed E-state index contributed by atoms with van der Waals surface area (Å²) < 4.78 is 25.6. The van der Waals surface area contributed by atoms with Crippen LogP contribution in [0.3, 0.4) is 0 Å². The van der Waals surface area contributed by atoms with Crippen LogP contribution in [-0.2, 0) is 20.4 Å². The first kappa shape index (κ1) is 19.0. The van der Waals surface area contributed by atoms with Crippen molar-refractivity contribution in [1.29, 1.82) is 0 Å². The molecule has 0 saturated carbocycles. The van der Waals surface area contributed by atoms with E-state index in [0.29, 0.717) is 19.0 Å². The van der Waals surface area contributed by atoms with Crippen LogP contribution in [0.15, 0.2) is 12.1 Å². The summed E-state index contributed by atoms with van der Waals surface area (Å²) >= 11 is 0. The van der Waals surface area contributed by atoms with Crippen molar-refractivity contribution in [2.45, 2.75) is 58.5 Å². The third kappa shape index (κ3) is 4.18. The SMILES string of the molecule is Cc1cc(C)c(CS(=O)(=O)C(C)C(=O)N2CCC(C)CC2)c(C)c1. The van der Waals surface area contributed by atoms with Gasteiger partial charge in [-0.2, -0.15) is 0 Å². The molecule has 0 radical (unpaired) electrons. The molecule has 1 unspecified atom stereocenters. The molecule has 1 fully saturated rings. The van der Waals surface area contributed by atoms with E-state index in [-0.39, 0.29) is 11.7 Å². The van der Waals surface area contributed by atoms with Crippen molar-refractivity contribution in [1.82, 2.24) is 4.90 Å². The van der Waals surface area contributed by atoms with E-state index in [2.05, 4.69) is 6.92 Å². The van der Waals surface area contributed by atoms with E-state index in [4.69, 9.17) is 0 Å². The van der Waals surface area contributed by atoms with E-state index in [9.17, 15) is 13.2 Å². The summed E-state index contributed by atoms with van der Waals surface area (Å²) in [6, 6.07) is 3.99. The van der Waals surface area contributed by atoms with Gasteiger partial charge in [0.05, 0.1) is 5.75 Å². The summed E-state index contributed by atoms with van der Waals surface area (Å²) in [5.41, 5.74) is 3.90. The Morgan fingerprint density at radius 1 is 1.17 bits per heavy atom. The zero-order valence-electron chi connectivity index (χ0n) is 15.4. The highest BCUT2D eigenvalue weighted by Crippen LogP contribution is 2.23. The molecule has 1 aromatic carbocycles. The first-order chi connectivity index (χ1) is 11.1. The topological polar surface area (TPSA) is 54.5 Å². The minimum Gasteiger partial charge on any atom is -0.342 e. The molecular weight excluding hydrogens is 322 g/mol. The molecule has 2 rings (SSSR count). The van der Waals surface area contributed by atoms with Gasteiger partial charge in [0.15, 0.2) is 9.84 Å². The molecule has 0 aliphatic carbocycles. The lowest BCUT2D eigenvalue weighted by molar-refractivity contribution is -0.131. The Labute approximate surface area is 146 Å². The third-order valence-electron chi connectivity index (χ3n) is 5.17. The Kier molecular flexibility index (Phi) is 5.74. The summed E-state index contributed by atoms with van der Waals surface area (Å²) in [6.45, 7) is 10.9. The van der Waals surface area contributed by atoms with Gasteiger partial charge in [-0.3, -0.25) is 4.79 Å². The van der Waals surface area contributed by atoms with Crippen molar-refractivity contribution in [2.75, 3.05) is 13.1 Å². The number of carbonyl (C=O) groups excluding carboxylic acids is 1. The number of sulfone groups is 1. The van der Waals surface area contributed by atoms with Gasteiger partial charge in [0, 0.05) is 13.1 Å². The average Bonchev–Trinajstić information content (AvgIpc) is 2.50.